The summed E-state index contributed by atoms with van der Waals surface area (Å²) in [5, 5.41) is 92.9. The number of carboxylic acids is 1. The molecule has 35 N–H and O–H groups in total. The lowest BCUT2D eigenvalue weighted by atomic mass is 9.97. The number of benzene rings is 1. The number of nitrogens with two attached hydrogens (primary N) is 5. The van der Waals surface area contributed by atoms with E-state index in [-0.39, 0.29) is 134 Å². The average molecular weight is 2050 g/mol. The second kappa shape index (κ2) is 63.8. The fourth-order valence-electron chi connectivity index (χ4n) is 15.1. The molecule has 18 atom stereocenters. The standard InChI is InChI=1S/C90H149N29O22S2/c1-12-48(6)71(117-79(132)57(22-15-16-30-91)107-76(129)58(23-17-31-99-89(94)95)108-77(130)59(24-18-32-100-90(96)97)109-84(137)64(38-52-40-101-56-21-14-13-20-54(52)56)113-82(135)62(36-46(2)3)112-75(128)55(92)28-34-142-10)87(140)102-42-69(123)119-33-19-25-67(119)86(139)111-60(26-27-68(93)122)78(131)110-61(29-35-143-11)80(133)118-72(51(9)121)88(141)115-63(37-47(4)5)83(136)116-66(44-120)85(138)114-65(39-53-41-98-45-104-53)81(134)106-50(8)74(127)105-49(7)73(126)103-43-70(124)125/h13-14,20-21,40-41,45-51,55,57-67,71-72,101,120-121H,12,15-19,22-39,42-44,91-92H2,1-11H3,(H2,93,122)(H,98,104)(H,102,140)(H,103,126)(H,105,127)(H,106,134)(H,107,129)(H,108,130)(H,109,137)(H,110,131)(H,111,139)(H,112,128)(H,113,135)(H,114,138)(H,115,141)(H,116,136)(H,117,132)(H,118,133)(H,124,125)(H4,94,95,99)(H4,96,97,100)/t48-,49-,50-,51+,55-,57-,58-,59-,60-,61-,62-,63-,64-,65-,66-,67-,71-,72-/m0/s1. The van der Waals surface area contributed by atoms with Gasteiger partial charge in [0.25, 0.3) is 0 Å². The molecule has 798 valence electrons. The topological polar surface area (TPSA) is 827 Å². The number of nitrogens with zero attached hydrogens (tertiary/aromatic N) is 2. The normalized spacial score (nSPS) is 15.9. The Hall–Kier alpha value is -13.0. The van der Waals surface area contributed by atoms with Crippen LogP contribution in [0.4, 0.5) is 0 Å². The summed E-state index contributed by atoms with van der Waals surface area (Å²) in [5.41, 5.74) is 30.6. The van der Waals surface area contributed by atoms with Crippen molar-refractivity contribution in [1.29, 1.82) is 10.8 Å². The van der Waals surface area contributed by atoms with Crippen molar-refractivity contribution in [3.8, 4) is 0 Å². The van der Waals surface area contributed by atoms with Crippen molar-refractivity contribution in [3.63, 3.8) is 0 Å². The summed E-state index contributed by atoms with van der Waals surface area (Å²) in [6.45, 7) is 11.6. The van der Waals surface area contributed by atoms with Gasteiger partial charge in [-0.25, -0.2) is 4.98 Å². The van der Waals surface area contributed by atoms with Crippen molar-refractivity contribution < 1.29 is 106 Å². The molecule has 0 spiro atoms. The number of aliphatic hydroxyl groups excluding tert-OH is 2. The van der Waals surface area contributed by atoms with E-state index in [0.717, 1.165) is 11.8 Å². The zero-order valence-corrected chi connectivity index (χ0v) is 84.5. The number of nitrogens with one attached hydrogen (secondary N) is 22. The molecule has 143 heavy (non-hydrogen) atoms. The van der Waals surface area contributed by atoms with Crippen LogP contribution in [0.3, 0.4) is 0 Å². The molecule has 2 aromatic heterocycles. The highest BCUT2D eigenvalue weighted by molar-refractivity contribution is 7.98. The van der Waals surface area contributed by atoms with E-state index in [9.17, 15) is 91.7 Å². The second-order valence-electron chi connectivity index (χ2n) is 36.0. The van der Waals surface area contributed by atoms with Gasteiger partial charge in [-0.15, -0.1) is 0 Å². The van der Waals surface area contributed by atoms with Gasteiger partial charge in [-0.3, -0.25) is 102 Å². The van der Waals surface area contributed by atoms with Crippen LogP contribution in [-0.4, -0.2) is 332 Å². The molecular weight excluding hydrogens is 1900 g/mol. The Morgan fingerprint density at radius 1 is 0.497 bits per heavy atom. The number of likely N-dealkylation sites (tertiary alicyclic amines) is 1. The molecule has 3 aromatic rings. The van der Waals surface area contributed by atoms with Crippen LogP contribution in [0.2, 0.25) is 0 Å². The van der Waals surface area contributed by atoms with E-state index in [1.165, 1.54) is 49.9 Å². The molecule has 0 bridgehead atoms. The first-order valence-corrected chi connectivity index (χ1v) is 50.5. The monoisotopic (exact) mass is 2050 g/mol. The number of carbonyl (C=O) groups excluding carboxylic acids is 18. The predicted octanol–water partition coefficient (Wildman–Crippen LogP) is -6.92. The maximum absolute atomic E-state index is 15.0. The number of amides is 18. The minimum absolute atomic E-state index is 0.0168. The number of carboxylic acid groups (broad SMARTS) is 1. The summed E-state index contributed by atoms with van der Waals surface area (Å²) < 4.78 is 0. The van der Waals surface area contributed by atoms with Crippen molar-refractivity contribution in [2.45, 2.75) is 281 Å². The number of aromatic amines is 2. The molecule has 1 saturated heterocycles. The van der Waals surface area contributed by atoms with Crippen LogP contribution < -0.4 is 124 Å². The Morgan fingerprint density at radius 2 is 0.951 bits per heavy atom. The van der Waals surface area contributed by atoms with Gasteiger partial charge < -0.3 is 155 Å². The quantitative estimate of drug-likeness (QED) is 0.0142. The molecule has 0 saturated carbocycles. The minimum atomic E-state index is -1.88. The first-order valence-electron chi connectivity index (χ1n) is 47.7. The van der Waals surface area contributed by atoms with Crippen LogP contribution in [0.25, 0.3) is 10.9 Å². The van der Waals surface area contributed by atoms with Gasteiger partial charge in [-0.2, -0.15) is 23.5 Å². The smallest absolute Gasteiger partial charge is 0.322 e. The Labute approximate surface area is 838 Å². The Kier molecular flexibility index (Phi) is 54.5. The molecule has 18 amide bonds. The molecule has 4 rings (SSSR count). The number of hydrogen-bond donors (Lipinski definition) is 30. The maximum Gasteiger partial charge on any atom is 0.322 e. The van der Waals surface area contributed by atoms with Gasteiger partial charge in [0.1, 0.15) is 97.2 Å². The molecule has 0 aliphatic carbocycles. The molecular formula is C90H149N29O22S2. The van der Waals surface area contributed by atoms with Crippen LogP contribution >= 0.6 is 23.5 Å². The van der Waals surface area contributed by atoms with Crippen molar-refractivity contribution >= 4 is 159 Å². The molecule has 3 heterocycles. The molecule has 53 heteroatoms. The maximum atomic E-state index is 15.0. The van der Waals surface area contributed by atoms with E-state index >= 15 is 9.59 Å². The minimum Gasteiger partial charge on any atom is -0.480 e. The fraction of sp³-hybridized carbons (Fsp3) is 0.644. The SMILES string of the molecule is CC[C@H](C)[C@H](NC(=O)[C@H](CCCCN)NC(=O)[C@H](CCCNC(=N)N)NC(=O)[C@H](CCCNC(=N)N)NC(=O)[C@H](Cc1c[nH]c2ccccc12)NC(=O)[C@H](CC(C)C)NC(=O)[C@@H](N)CCSC)C(=O)NCC(=O)N1CCC[C@H]1C(=O)N[C@@H](CCC(N)=O)C(=O)N[C@@H](CCSC)C(=O)N[C@H](C(=O)N[C@@H](CC(C)C)C(=O)N[C@@H](CO)C(=O)N[C@@H](Cc1cnc[nH]1)C(=O)N[C@@H](C)C(=O)N[C@@H](C)C(=O)NCC(=O)O)[C@@H](C)O. The number of aliphatic hydroxyl groups is 2. The highest BCUT2D eigenvalue weighted by Crippen LogP contribution is 2.23. The summed E-state index contributed by atoms with van der Waals surface area (Å²) >= 11 is 2.72. The number of rotatable bonds is 67. The third-order valence-corrected chi connectivity index (χ3v) is 24.5. The van der Waals surface area contributed by atoms with E-state index < -0.39 is 265 Å². The summed E-state index contributed by atoms with van der Waals surface area (Å²) in [4.78, 5) is 276. The highest BCUT2D eigenvalue weighted by atomic mass is 32.2. The third-order valence-electron chi connectivity index (χ3n) is 23.2. The number of imidazole rings is 1. The van der Waals surface area contributed by atoms with Crippen LogP contribution in [0.15, 0.2) is 43.0 Å². The average Bonchev–Trinajstić information content (AvgIpc) is 1.68. The van der Waals surface area contributed by atoms with E-state index in [1.54, 1.807) is 52.3 Å². The molecule has 1 fully saturated rings. The van der Waals surface area contributed by atoms with Crippen LogP contribution in [0.1, 0.15) is 176 Å². The summed E-state index contributed by atoms with van der Waals surface area (Å²) in [6.07, 6.45) is 5.72. The lowest BCUT2D eigenvalue weighted by Crippen LogP contribution is -2.62. The first-order chi connectivity index (χ1) is 67.7. The lowest BCUT2D eigenvalue weighted by molar-refractivity contribution is -0.140. The van der Waals surface area contributed by atoms with Crippen LogP contribution in [-0.2, 0) is 104 Å². The number of aromatic nitrogens is 3. The Balaban J connectivity index is 1.55. The second-order valence-corrected chi connectivity index (χ2v) is 37.9. The van der Waals surface area contributed by atoms with Gasteiger partial charge in [0.15, 0.2) is 11.9 Å². The van der Waals surface area contributed by atoms with Crippen molar-refractivity contribution in [2.24, 2.45) is 46.4 Å². The summed E-state index contributed by atoms with van der Waals surface area (Å²) in [6, 6.07) is -16.0. The van der Waals surface area contributed by atoms with Gasteiger partial charge >= 0.3 is 5.97 Å². The van der Waals surface area contributed by atoms with E-state index in [1.807, 2.05) is 32.2 Å². The zero-order valence-electron chi connectivity index (χ0n) is 82.9. The first kappa shape index (κ1) is 122. The van der Waals surface area contributed by atoms with Gasteiger partial charge in [0.05, 0.1) is 31.6 Å². The molecule has 1 aliphatic heterocycles. The van der Waals surface area contributed by atoms with Crippen molar-refractivity contribution in [1.82, 2.24) is 116 Å². The zero-order chi connectivity index (χ0) is 107. The van der Waals surface area contributed by atoms with E-state index in [2.05, 4.69) is 111 Å². The largest absolute Gasteiger partial charge is 0.480 e. The number of unbranched alkanes of at least 4 members (excludes halogenated alkanes) is 1. The van der Waals surface area contributed by atoms with E-state index in [0.29, 0.717) is 40.8 Å². The van der Waals surface area contributed by atoms with Crippen LogP contribution in [0.5, 0.6) is 0 Å². The third kappa shape index (κ3) is 43.8. The summed E-state index contributed by atoms with van der Waals surface area (Å²) in [5.74, 6) is -19.1. The number of carbonyl (C=O) groups is 19. The number of guanidine groups is 2. The van der Waals surface area contributed by atoms with Crippen molar-refractivity contribution in [3.05, 3.63) is 54.2 Å². The number of para-hydroxylation sites is 1. The number of fused-ring (bicyclic) bond motifs is 1. The molecule has 51 nitrogen and oxygen atoms in total. The molecule has 1 aliphatic rings. The van der Waals surface area contributed by atoms with Crippen molar-refractivity contribution in [2.75, 3.05) is 69.9 Å². The molecule has 1 aromatic carbocycles. The Morgan fingerprint density at radius 3 is 1.46 bits per heavy atom. The summed E-state index contributed by atoms with van der Waals surface area (Å²) in [7, 11) is 0. The van der Waals surface area contributed by atoms with Gasteiger partial charge in [0, 0.05) is 67.9 Å². The number of hydrogen-bond acceptors (Lipinski definition) is 28. The number of primary amides is 1. The van der Waals surface area contributed by atoms with Gasteiger partial charge in [0.2, 0.25) is 106 Å². The van der Waals surface area contributed by atoms with Gasteiger partial charge in [-0.1, -0.05) is 66.2 Å². The van der Waals surface area contributed by atoms with Gasteiger partial charge in [-0.05, 0) is 171 Å². The number of thioether (sulfide) groups is 2. The number of H-pyrrole nitrogens is 2. The number of aliphatic carboxylic acids is 1. The predicted molar refractivity (Wildman–Crippen MR) is 532 cm³/mol. The highest BCUT2D eigenvalue weighted by Gasteiger charge is 2.42. The lowest BCUT2D eigenvalue weighted by Gasteiger charge is -2.30. The molecule has 0 unspecified atom stereocenters. The van der Waals surface area contributed by atoms with Crippen LogP contribution in [0, 0.1) is 28.6 Å². The Bertz CT molecular complexity index is 4760. The van der Waals surface area contributed by atoms with E-state index in [4.69, 9.17) is 44.6 Å². The molecule has 0 radical (unpaired) electrons. The fourth-order valence-corrected chi connectivity index (χ4v) is 16.1.